The summed E-state index contributed by atoms with van der Waals surface area (Å²) in [4.78, 5) is 28.0. The number of hydrogen-bond donors (Lipinski definition) is 1. The monoisotopic (exact) mass is 418 g/mol. The smallest absolute Gasteiger partial charge is 0.251 e. The summed E-state index contributed by atoms with van der Waals surface area (Å²) in [5.74, 6) is 1.03. The topological polar surface area (TPSA) is 67.9 Å². The molecule has 2 heterocycles. The van der Waals surface area contributed by atoms with Gasteiger partial charge in [-0.05, 0) is 36.6 Å². The van der Waals surface area contributed by atoms with Gasteiger partial charge in [-0.15, -0.1) is 0 Å². The molecule has 2 fully saturated rings. The van der Waals surface area contributed by atoms with E-state index in [1.165, 1.54) is 6.42 Å². The zero-order chi connectivity index (χ0) is 21.3. The third kappa shape index (κ3) is 3.67. The van der Waals surface area contributed by atoms with Gasteiger partial charge in [0.2, 0.25) is 12.7 Å². The van der Waals surface area contributed by atoms with Crippen molar-refractivity contribution < 1.29 is 19.1 Å². The fourth-order valence-electron chi connectivity index (χ4n) is 4.67. The Morgan fingerprint density at radius 2 is 1.81 bits per heavy atom. The van der Waals surface area contributed by atoms with Crippen LogP contribution in [-0.4, -0.2) is 30.2 Å². The number of benzene rings is 2. The van der Waals surface area contributed by atoms with Crippen molar-refractivity contribution in [3.8, 4) is 11.5 Å². The molecule has 3 aliphatic rings. The fraction of sp³-hybridized carbons (Fsp3) is 0.360. The molecule has 6 heteroatoms. The third-order valence-electron chi connectivity index (χ3n) is 6.37. The molecular formula is C25H26N2O4. The molecule has 2 aromatic rings. The summed E-state index contributed by atoms with van der Waals surface area (Å²) in [5.41, 5.74) is 0.562. The van der Waals surface area contributed by atoms with E-state index in [9.17, 15) is 9.59 Å². The molecule has 0 spiro atoms. The predicted molar refractivity (Wildman–Crippen MR) is 118 cm³/mol. The molecule has 1 atom stereocenters. The number of nitrogens with one attached hydrogen (secondary N) is 1. The summed E-state index contributed by atoms with van der Waals surface area (Å²) in [5, 5.41) is 3.23. The van der Waals surface area contributed by atoms with Crippen LogP contribution >= 0.6 is 0 Å². The van der Waals surface area contributed by atoms with Crippen LogP contribution in [0.15, 0.2) is 54.6 Å². The van der Waals surface area contributed by atoms with Gasteiger partial charge in [-0.1, -0.05) is 55.7 Å². The Balaban J connectivity index is 1.49. The van der Waals surface area contributed by atoms with E-state index in [0.29, 0.717) is 17.2 Å². The lowest BCUT2D eigenvalue weighted by atomic mass is 9.80. The molecule has 6 nitrogen and oxygen atoms in total. The second-order valence-electron chi connectivity index (χ2n) is 8.42. The van der Waals surface area contributed by atoms with Crippen molar-refractivity contribution in [2.24, 2.45) is 0 Å². The largest absolute Gasteiger partial charge is 0.454 e. The standard InChI is InChI=1S/C25H26N2O4/c28-23-16-25(14-13-18-7-3-1-4-8-18,24(29)26-19-9-5-2-6-10-19)27(23)20-11-12-21-22(15-20)31-17-30-21/h1,3-4,7-8,11-15,19H,2,5-6,9-10,16-17H2,(H,26,29)/b14-13+/t25-/m1/s1. The Labute approximate surface area is 181 Å². The maximum absolute atomic E-state index is 13.6. The van der Waals surface area contributed by atoms with Crippen molar-refractivity contribution >= 4 is 23.6 Å². The van der Waals surface area contributed by atoms with E-state index in [2.05, 4.69) is 5.32 Å². The Morgan fingerprint density at radius 1 is 1.03 bits per heavy atom. The van der Waals surface area contributed by atoms with Gasteiger partial charge in [0.15, 0.2) is 17.0 Å². The molecule has 1 N–H and O–H groups in total. The molecule has 31 heavy (non-hydrogen) atoms. The minimum absolute atomic E-state index is 0.0876. The minimum Gasteiger partial charge on any atom is -0.454 e. The second-order valence-corrected chi connectivity index (χ2v) is 8.42. The van der Waals surface area contributed by atoms with Crippen LogP contribution in [0.5, 0.6) is 11.5 Å². The maximum atomic E-state index is 13.6. The predicted octanol–water partition coefficient (Wildman–Crippen LogP) is 4.05. The van der Waals surface area contributed by atoms with Crippen molar-refractivity contribution in [1.29, 1.82) is 0 Å². The number of anilines is 1. The molecule has 0 unspecified atom stereocenters. The number of ether oxygens (including phenoxy) is 2. The first-order valence-corrected chi connectivity index (χ1v) is 10.9. The van der Waals surface area contributed by atoms with Crippen molar-refractivity contribution in [2.45, 2.75) is 50.1 Å². The lowest BCUT2D eigenvalue weighted by Gasteiger charge is -2.49. The Morgan fingerprint density at radius 3 is 2.58 bits per heavy atom. The first-order chi connectivity index (χ1) is 15.2. The van der Waals surface area contributed by atoms with Crippen LogP contribution in [0.2, 0.25) is 0 Å². The molecule has 0 bridgehead atoms. The van der Waals surface area contributed by atoms with Crippen LogP contribution in [0.25, 0.3) is 6.08 Å². The van der Waals surface area contributed by atoms with Crippen molar-refractivity contribution in [2.75, 3.05) is 11.7 Å². The molecular weight excluding hydrogens is 392 g/mol. The number of fused-ring (bicyclic) bond motifs is 1. The molecule has 2 amide bonds. The van der Waals surface area contributed by atoms with Gasteiger partial charge in [-0.3, -0.25) is 14.5 Å². The summed E-state index contributed by atoms with van der Waals surface area (Å²) in [6.45, 7) is 0.161. The molecule has 1 saturated heterocycles. The third-order valence-corrected chi connectivity index (χ3v) is 6.37. The molecule has 2 aliphatic heterocycles. The molecule has 5 rings (SSSR count). The summed E-state index contributed by atoms with van der Waals surface area (Å²) >= 11 is 0. The highest BCUT2D eigenvalue weighted by atomic mass is 16.7. The molecule has 1 saturated carbocycles. The second kappa shape index (κ2) is 8.10. The van der Waals surface area contributed by atoms with Gasteiger partial charge in [-0.25, -0.2) is 0 Å². The van der Waals surface area contributed by atoms with Gasteiger partial charge in [0.25, 0.3) is 5.91 Å². The lowest BCUT2D eigenvalue weighted by molar-refractivity contribution is -0.137. The number of rotatable bonds is 5. The fourth-order valence-corrected chi connectivity index (χ4v) is 4.67. The summed E-state index contributed by atoms with van der Waals surface area (Å²) < 4.78 is 10.9. The minimum atomic E-state index is -1.06. The number of carbonyl (C=O) groups is 2. The van der Waals surface area contributed by atoms with E-state index >= 15 is 0 Å². The average Bonchev–Trinajstić information content (AvgIpc) is 3.25. The van der Waals surface area contributed by atoms with Gasteiger partial charge in [-0.2, -0.15) is 0 Å². The molecule has 160 valence electrons. The van der Waals surface area contributed by atoms with E-state index in [1.807, 2.05) is 48.6 Å². The van der Waals surface area contributed by atoms with Gasteiger partial charge in [0, 0.05) is 17.8 Å². The van der Waals surface area contributed by atoms with E-state index in [4.69, 9.17) is 9.47 Å². The quantitative estimate of drug-likeness (QED) is 0.744. The summed E-state index contributed by atoms with van der Waals surface area (Å²) in [7, 11) is 0. The van der Waals surface area contributed by atoms with Crippen LogP contribution in [0, 0.1) is 0 Å². The highest BCUT2D eigenvalue weighted by molar-refractivity contribution is 6.15. The molecule has 0 aromatic heterocycles. The van der Waals surface area contributed by atoms with Crippen molar-refractivity contribution in [1.82, 2.24) is 5.32 Å². The Hall–Kier alpha value is -3.28. The highest BCUT2D eigenvalue weighted by Crippen LogP contribution is 2.43. The number of hydrogen-bond acceptors (Lipinski definition) is 4. The van der Waals surface area contributed by atoms with Crippen molar-refractivity contribution in [3.63, 3.8) is 0 Å². The lowest BCUT2D eigenvalue weighted by Crippen LogP contribution is -2.70. The summed E-state index contributed by atoms with van der Waals surface area (Å²) in [6.07, 6.45) is 9.38. The van der Waals surface area contributed by atoms with E-state index < -0.39 is 5.54 Å². The zero-order valence-corrected chi connectivity index (χ0v) is 17.4. The van der Waals surface area contributed by atoms with Crippen molar-refractivity contribution in [3.05, 3.63) is 60.2 Å². The number of amides is 2. The molecule has 1 aliphatic carbocycles. The number of nitrogens with zero attached hydrogens (tertiary/aromatic N) is 1. The van der Waals surface area contributed by atoms with Crippen LogP contribution < -0.4 is 19.7 Å². The average molecular weight is 418 g/mol. The van der Waals surface area contributed by atoms with Gasteiger partial charge in [0.1, 0.15) is 0 Å². The maximum Gasteiger partial charge on any atom is 0.251 e. The van der Waals surface area contributed by atoms with Gasteiger partial charge in [0.05, 0.1) is 6.42 Å². The van der Waals surface area contributed by atoms with Crippen LogP contribution in [0.1, 0.15) is 44.1 Å². The zero-order valence-electron chi connectivity index (χ0n) is 17.4. The SMILES string of the molecule is O=C1C[C@](/C=C/c2ccccc2)(C(=O)NC2CCCCC2)N1c1ccc2c(c1)OCO2. The van der Waals surface area contributed by atoms with E-state index in [1.54, 1.807) is 17.0 Å². The van der Waals surface area contributed by atoms with Crippen LogP contribution in [0.4, 0.5) is 5.69 Å². The van der Waals surface area contributed by atoms with E-state index in [0.717, 1.165) is 31.2 Å². The highest BCUT2D eigenvalue weighted by Gasteiger charge is 2.56. The first kappa shape index (κ1) is 19.7. The van der Waals surface area contributed by atoms with Crippen LogP contribution in [-0.2, 0) is 9.59 Å². The van der Waals surface area contributed by atoms with E-state index in [-0.39, 0.29) is 31.1 Å². The number of carbonyl (C=O) groups excluding carboxylic acids is 2. The van der Waals surface area contributed by atoms with Crippen LogP contribution in [0.3, 0.4) is 0 Å². The van der Waals surface area contributed by atoms with Gasteiger partial charge >= 0.3 is 0 Å². The summed E-state index contributed by atoms with van der Waals surface area (Å²) in [6, 6.07) is 15.4. The normalized spacial score (nSPS) is 23.1. The molecule has 2 aromatic carbocycles. The van der Waals surface area contributed by atoms with Gasteiger partial charge < -0.3 is 14.8 Å². The first-order valence-electron chi connectivity index (χ1n) is 10.9. The number of β-lactam (4-membered cyclic amide) rings is 1. The Kier molecular flexibility index (Phi) is 5.14. The Bertz CT molecular complexity index is 1010. The molecule has 0 radical (unpaired) electrons.